The van der Waals surface area contributed by atoms with E-state index in [0.717, 1.165) is 30.6 Å². The molecule has 0 aliphatic carbocycles. The number of amides is 1. The van der Waals surface area contributed by atoms with Gasteiger partial charge in [0.25, 0.3) is 0 Å². The first-order valence-electron chi connectivity index (χ1n) is 9.51. The van der Waals surface area contributed by atoms with E-state index in [-0.39, 0.29) is 36.9 Å². The maximum atomic E-state index is 11.8. The monoisotopic (exact) mass is 376 g/mol. The summed E-state index contributed by atoms with van der Waals surface area (Å²) < 4.78 is 5.37. The van der Waals surface area contributed by atoms with Crippen LogP contribution in [0.2, 0.25) is 0 Å². The smallest absolute Gasteiger partial charge is 0.246 e. The minimum Gasteiger partial charge on any atom is -0.372 e. The van der Waals surface area contributed by atoms with Crippen molar-refractivity contribution in [3.63, 3.8) is 0 Å². The molecule has 27 heavy (non-hydrogen) atoms. The molecule has 6 nitrogen and oxygen atoms in total. The van der Waals surface area contributed by atoms with Gasteiger partial charge in [0, 0.05) is 19.6 Å². The highest BCUT2D eigenvalue weighted by molar-refractivity contribution is 5.98. The summed E-state index contributed by atoms with van der Waals surface area (Å²) in [7, 11) is 0. The quantitative estimate of drug-likeness (QED) is 0.383. The van der Waals surface area contributed by atoms with Crippen LogP contribution in [0.25, 0.3) is 0 Å². The molecule has 0 saturated heterocycles. The SMILES string of the molecule is CC(=O)CC(=O)Cc1ccc(CNC(=O)COCCCNCC(C)C)cc1. The number of ether oxygens (including phenoxy) is 1. The Morgan fingerprint density at radius 2 is 1.74 bits per heavy atom. The number of Topliss-reactive ketones (excluding diaryl/α,β-unsaturated/α-hetero) is 2. The van der Waals surface area contributed by atoms with Crippen molar-refractivity contribution < 1.29 is 19.1 Å². The fourth-order valence-corrected chi connectivity index (χ4v) is 2.45. The van der Waals surface area contributed by atoms with Crippen LogP contribution in [0.1, 0.15) is 44.7 Å². The molecule has 0 bridgehead atoms. The molecule has 0 atom stereocenters. The second kappa shape index (κ2) is 13.2. The second-order valence-corrected chi connectivity index (χ2v) is 7.19. The van der Waals surface area contributed by atoms with Crippen LogP contribution < -0.4 is 10.6 Å². The lowest BCUT2D eigenvalue weighted by Crippen LogP contribution is -2.28. The van der Waals surface area contributed by atoms with Gasteiger partial charge in [0.05, 0.1) is 6.42 Å². The summed E-state index contributed by atoms with van der Waals surface area (Å²) in [6.45, 7) is 8.65. The minimum absolute atomic E-state index is 0.0222. The zero-order valence-electron chi connectivity index (χ0n) is 16.7. The standard InChI is InChI=1S/C21H32N2O4/c1-16(2)13-22-9-4-10-27-15-21(26)23-14-19-7-5-18(6-8-19)12-20(25)11-17(3)24/h5-8,16,22H,4,9-15H2,1-3H3,(H,23,26). The van der Waals surface area contributed by atoms with Crippen molar-refractivity contribution in [3.8, 4) is 0 Å². The zero-order valence-corrected chi connectivity index (χ0v) is 16.7. The highest BCUT2D eigenvalue weighted by atomic mass is 16.5. The molecule has 0 radical (unpaired) electrons. The van der Waals surface area contributed by atoms with Gasteiger partial charge in [0.15, 0.2) is 0 Å². The van der Waals surface area contributed by atoms with E-state index in [1.165, 1.54) is 6.92 Å². The van der Waals surface area contributed by atoms with Crippen molar-refractivity contribution in [2.45, 2.75) is 46.6 Å². The summed E-state index contributed by atoms with van der Waals surface area (Å²) >= 11 is 0. The topological polar surface area (TPSA) is 84.5 Å². The summed E-state index contributed by atoms with van der Waals surface area (Å²) in [5.41, 5.74) is 1.81. The van der Waals surface area contributed by atoms with Gasteiger partial charge >= 0.3 is 0 Å². The predicted molar refractivity (Wildman–Crippen MR) is 105 cm³/mol. The Morgan fingerprint density at radius 1 is 1.07 bits per heavy atom. The van der Waals surface area contributed by atoms with Crippen molar-refractivity contribution in [1.82, 2.24) is 10.6 Å². The van der Waals surface area contributed by atoms with Gasteiger partial charge in [-0.25, -0.2) is 0 Å². The molecule has 1 aromatic carbocycles. The Balaban J connectivity index is 2.17. The van der Waals surface area contributed by atoms with Crippen molar-refractivity contribution in [1.29, 1.82) is 0 Å². The molecule has 150 valence electrons. The molecule has 2 N–H and O–H groups in total. The van der Waals surface area contributed by atoms with Crippen LogP contribution >= 0.6 is 0 Å². The van der Waals surface area contributed by atoms with Gasteiger partial charge in [-0.3, -0.25) is 14.4 Å². The van der Waals surface area contributed by atoms with Gasteiger partial charge in [-0.1, -0.05) is 38.1 Å². The van der Waals surface area contributed by atoms with E-state index in [1.54, 1.807) is 0 Å². The number of nitrogens with one attached hydrogen (secondary N) is 2. The first-order chi connectivity index (χ1) is 12.9. The Bertz CT molecular complexity index is 597. The van der Waals surface area contributed by atoms with Crippen LogP contribution in [0.3, 0.4) is 0 Å². The number of benzene rings is 1. The number of hydrogen-bond donors (Lipinski definition) is 2. The predicted octanol–water partition coefficient (Wildman–Crippen LogP) is 2.05. The summed E-state index contributed by atoms with van der Waals surface area (Å²) in [5, 5.41) is 6.14. The molecule has 6 heteroatoms. The summed E-state index contributed by atoms with van der Waals surface area (Å²) in [5.74, 6) is 0.283. The molecule has 0 spiro atoms. The Kier molecular flexibility index (Phi) is 11.2. The number of carbonyl (C=O) groups excluding carboxylic acids is 3. The van der Waals surface area contributed by atoms with Gasteiger partial charge in [0.2, 0.25) is 5.91 Å². The van der Waals surface area contributed by atoms with Gasteiger partial charge in [0.1, 0.15) is 18.2 Å². The van der Waals surface area contributed by atoms with E-state index in [2.05, 4.69) is 24.5 Å². The molecule has 0 aliphatic rings. The van der Waals surface area contributed by atoms with Gasteiger partial charge < -0.3 is 15.4 Å². The van der Waals surface area contributed by atoms with Crippen molar-refractivity contribution in [3.05, 3.63) is 35.4 Å². The van der Waals surface area contributed by atoms with E-state index in [1.807, 2.05) is 24.3 Å². The third kappa shape index (κ3) is 12.0. The Hall–Kier alpha value is -2.05. The molecule has 1 rings (SSSR count). The lowest BCUT2D eigenvalue weighted by molar-refractivity contribution is -0.126. The fourth-order valence-electron chi connectivity index (χ4n) is 2.45. The number of rotatable bonds is 14. The molecule has 1 aromatic rings. The van der Waals surface area contributed by atoms with Gasteiger partial charge in [-0.15, -0.1) is 0 Å². The second-order valence-electron chi connectivity index (χ2n) is 7.19. The molecule has 0 aromatic heterocycles. The average Bonchev–Trinajstić information content (AvgIpc) is 2.59. The summed E-state index contributed by atoms with van der Waals surface area (Å²) in [6.07, 6.45) is 1.11. The summed E-state index contributed by atoms with van der Waals surface area (Å²) in [6, 6.07) is 7.44. The van der Waals surface area contributed by atoms with Crippen LogP contribution in [-0.4, -0.2) is 43.8 Å². The fraction of sp³-hybridized carbons (Fsp3) is 0.571. The van der Waals surface area contributed by atoms with Crippen LogP contribution in [-0.2, 0) is 32.1 Å². The van der Waals surface area contributed by atoms with Gasteiger partial charge in [-0.05, 0) is 43.5 Å². The summed E-state index contributed by atoms with van der Waals surface area (Å²) in [4.78, 5) is 34.4. The van der Waals surface area contributed by atoms with Crippen LogP contribution in [0, 0.1) is 5.92 Å². The lowest BCUT2D eigenvalue weighted by Gasteiger charge is -2.09. The highest BCUT2D eigenvalue weighted by Gasteiger charge is 2.07. The van der Waals surface area contributed by atoms with E-state index >= 15 is 0 Å². The Labute approximate surface area is 162 Å². The normalized spacial score (nSPS) is 10.8. The molecular weight excluding hydrogens is 344 g/mol. The van der Waals surface area contributed by atoms with Crippen LogP contribution in [0.4, 0.5) is 0 Å². The minimum atomic E-state index is -0.147. The van der Waals surface area contributed by atoms with Gasteiger partial charge in [-0.2, -0.15) is 0 Å². The maximum absolute atomic E-state index is 11.8. The molecule has 0 unspecified atom stereocenters. The van der Waals surface area contributed by atoms with E-state index in [4.69, 9.17) is 4.74 Å². The lowest BCUT2D eigenvalue weighted by atomic mass is 10.0. The molecule has 0 aliphatic heterocycles. The van der Waals surface area contributed by atoms with E-state index < -0.39 is 0 Å². The molecule has 0 fully saturated rings. The first-order valence-corrected chi connectivity index (χ1v) is 9.51. The average molecular weight is 376 g/mol. The zero-order chi connectivity index (χ0) is 20.1. The van der Waals surface area contributed by atoms with Crippen molar-refractivity contribution >= 4 is 17.5 Å². The maximum Gasteiger partial charge on any atom is 0.246 e. The molecule has 1 amide bonds. The van der Waals surface area contributed by atoms with E-state index in [9.17, 15) is 14.4 Å². The highest BCUT2D eigenvalue weighted by Crippen LogP contribution is 2.07. The van der Waals surface area contributed by atoms with Crippen LogP contribution in [0.15, 0.2) is 24.3 Å². The van der Waals surface area contributed by atoms with E-state index in [0.29, 0.717) is 19.1 Å². The van der Waals surface area contributed by atoms with Crippen molar-refractivity contribution in [2.75, 3.05) is 26.3 Å². The number of hydrogen-bond acceptors (Lipinski definition) is 5. The first kappa shape index (κ1) is 23.0. The third-order valence-corrected chi connectivity index (χ3v) is 3.79. The largest absolute Gasteiger partial charge is 0.372 e. The van der Waals surface area contributed by atoms with Crippen molar-refractivity contribution in [2.24, 2.45) is 5.92 Å². The molecule has 0 heterocycles. The van der Waals surface area contributed by atoms with Crippen LogP contribution in [0.5, 0.6) is 0 Å². The number of carbonyl (C=O) groups is 3. The molecular formula is C21H32N2O4. The third-order valence-electron chi connectivity index (χ3n) is 3.79. The molecule has 0 saturated carbocycles. The Morgan fingerprint density at radius 3 is 2.37 bits per heavy atom. The number of ketones is 2.